The lowest BCUT2D eigenvalue weighted by molar-refractivity contribution is -0.176. The number of rotatable bonds is 4. The van der Waals surface area contributed by atoms with Gasteiger partial charge in [-0.2, -0.15) is 0 Å². The molecule has 0 radical (unpaired) electrons. The Bertz CT molecular complexity index is 664. The SMILES string of the molecule is CCC(C(=O)ON1C(=O)c2ccccc2C1=O)N1CCCC1=O. The largest absolute Gasteiger partial charge is 0.355 e. The number of fused-ring (bicyclic) bond motifs is 1. The first-order valence-corrected chi connectivity index (χ1v) is 7.53. The molecular formula is C16H16N2O5. The van der Waals surface area contributed by atoms with Crippen LogP contribution >= 0.6 is 0 Å². The minimum Gasteiger partial charge on any atom is -0.329 e. The van der Waals surface area contributed by atoms with Crippen LogP contribution in [0, 0.1) is 0 Å². The van der Waals surface area contributed by atoms with Crippen molar-refractivity contribution in [2.24, 2.45) is 0 Å². The second-order valence-corrected chi connectivity index (χ2v) is 5.48. The zero-order valence-electron chi connectivity index (χ0n) is 12.7. The molecule has 23 heavy (non-hydrogen) atoms. The summed E-state index contributed by atoms with van der Waals surface area (Å²) < 4.78 is 0. The molecule has 7 heteroatoms. The molecule has 3 rings (SSSR count). The van der Waals surface area contributed by atoms with Crippen LogP contribution in [0.3, 0.4) is 0 Å². The van der Waals surface area contributed by atoms with Crippen molar-refractivity contribution < 1.29 is 24.0 Å². The Morgan fingerprint density at radius 2 is 1.78 bits per heavy atom. The van der Waals surface area contributed by atoms with Gasteiger partial charge in [0, 0.05) is 13.0 Å². The Morgan fingerprint density at radius 1 is 1.17 bits per heavy atom. The van der Waals surface area contributed by atoms with E-state index < -0.39 is 23.8 Å². The third-order valence-electron chi connectivity index (χ3n) is 4.08. The first kappa shape index (κ1) is 15.2. The van der Waals surface area contributed by atoms with E-state index in [4.69, 9.17) is 4.84 Å². The highest BCUT2D eigenvalue weighted by atomic mass is 16.7. The van der Waals surface area contributed by atoms with Crippen molar-refractivity contribution in [3.63, 3.8) is 0 Å². The highest BCUT2D eigenvalue weighted by Crippen LogP contribution is 2.24. The summed E-state index contributed by atoms with van der Waals surface area (Å²) in [6.07, 6.45) is 1.44. The lowest BCUT2D eigenvalue weighted by Gasteiger charge is -2.25. The van der Waals surface area contributed by atoms with Crippen molar-refractivity contribution >= 4 is 23.7 Å². The van der Waals surface area contributed by atoms with Gasteiger partial charge in [-0.3, -0.25) is 14.4 Å². The van der Waals surface area contributed by atoms with Crippen LogP contribution in [-0.4, -0.2) is 46.2 Å². The molecule has 2 aliphatic heterocycles. The topological polar surface area (TPSA) is 84.0 Å². The van der Waals surface area contributed by atoms with Gasteiger partial charge < -0.3 is 9.74 Å². The van der Waals surface area contributed by atoms with Crippen LogP contribution in [-0.2, 0) is 14.4 Å². The molecule has 0 bridgehead atoms. The molecule has 1 fully saturated rings. The van der Waals surface area contributed by atoms with E-state index in [1.807, 2.05) is 0 Å². The molecule has 3 amide bonds. The van der Waals surface area contributed by atoms with Gasteiger partial charge in [0.25, 0.3) is 11.8 Å². The van der Waals surface area contributed by atoms with Gasteiger partial charge in [-0.05, 0) is 25.0 Å². The maximum Gasteiger partial charge on any atom is 0.355 e. The first-order chi connectivity index (χ1) is 11.0. The van der Waals surface area contributed by atoms with Crippen LogP contribution in [0.1, 0.15) is 46.9 Å². The number of carbonyl (C=O) groups excluding carboxylic acids is 4. The second kappa shape index (κ2) is 5.83. The minimum absolute atomic E-state index is 0.115. The van der Waals surface area contributed by atoms with Crippen LogP contribution in [0.15, 0.2) is 24.3 Å². The number of amides is 3. The summed E-state index contributed by atoms with van der Waals surface area (Å²) in [5.41, 5.74) is 0.409. The number of hydroxylamine groups is 2. The van der Waals surface area contributed by atoms with E-state index >= 15 is 0 Å². The highest BCUT2D eigenvalue weighted by Gasteiger charge is 2.41. The number of benzene rings is 1. The van der Waals surface area contributed by atoms with E-state index in [0.717, 1.165) is 0 Å². The van der Waals surface area contributed by atoms with E-state index in [2.05, 4.69) is 0 Å². The summed E-state index contributed by atoms with van der Waals surface area (Å²) in [5, 5.41) is 0.482. The Kier molecular flexibility index (Phi) is 3.85. The predicted molar refractivity (Wildman–Crippen MR) is 78.1 cm³/mol. The molecule has 1 saturated heterocycles. The van der Waals surface area contributed by atoms with Crippen LogP contribution in [0.2, 0.25) is 0 Å². The van der Waals surface area contributed by atoms with Gasteiger partial charge in [-0.25, -0.2) is 4.79 Å². The van der Waals surface area contributed by atoms with Gasteiger partial charge in [0.15, 0.2) is 0 Å². The fourth-order valence-corrected chi connectivity index (χ4v) is 2.91. The van der Waals surface area contributed by atoms with Crippen molar-refractivity contribution in [2.75, 3.05) is 6.54 Å². The van der Waals surface area contributed by atoms with E-state index in [1.165, 1.54) is 17.0 Å². The fraction of sp³-hybridized carbons (Fsp3) is 0.375. The summed E-state index contributed by atoms with van der Waals surface area (Å²) in [7, 11) is 0. The fourth-order valence-electron chi connectivity index (χ4n) is 2.91. The molecule has 1 aromatic rings. The number of nitrogens with zero attached hydrogens (tertiary/aromatic N) is 2. The molecule has 1 aromatic carbocycles. The molecule has 0 N–H and O–H groups in total. The lowest BCUT2D eigenvalue weighted by Crippen LogP contribution is -2.45. The average Bonchev–Trinajstić information content (AvgIpc) is 3.07. The molecule has 7 nitrogen and oxygen atoms in total. The van der Waals surface area contributed by atoms with Crippen LogP contribution in [0.4, 0.5) is 0 Å². The lowest BCUT2D eigenvalue weighted by atomic mass is 10.1. The summed E-state index contributed by atoms with van der Waals surface area (Å²) in [4.78, 5) is 55.0. The van der Waals surface area contributed by atoms with Crippen molar-refractivity contribution in [1.82, 2.24) is 9.96 Å². The normalized spacial score (nSPS) is 18.4. The Labute approximate surface area is 132 Å². The van der Waals surface area contributed by atoms with Gasteiger partial charge in [0.05, 0.1) is 11.1 Å². The molecule has 2 aliphatic rings. The number of hydrogen-bond acceptors (Lipinski definition) is 5. The first-order valence-electron chi connectivity index (χ1n) is 7.53. The molecule has 0 spiro atoms. The maximum absolute atomic E-state index is 12.3. The van der Waals surface area contributed by atoms with E-state index in [-0.39, 0.29) is 17.0 Å². The van der Waals surface area contributed by atoms with Crippen LogP contribution in [0.5, 0.6) is 0 Å². The molecule has 0 aliphatic carbocycles. The van der Waals surface area contributed by atoms with Gasteiger partial charge in [-0.15, -0.1) is 0 Å². The summed E-state index contributed by atoms with van der Waals surface area (Å²) in [6, 6.07) is 5.49. The van der Waals surface area contributed by atoms with Crippen molar-refractivity contribution in [3.05, 3.63) is 35.4 Å². The smallest absolute Gasteiger partial charge is 0.329 e. The number of hydrogen-bond donors (Lipinski definition) is 0. The molecule has 1 unspecified atom stereocenters. The zero-order valence-corrected chi connectivity index (χ0v) is 12.7. The van der Waals surface area contributed by atoms with Crippen molar-refractivity contribution in [3.8, 4) is 0 Å². The van der Waals surface area contributed by atoms with Crippen LogP contribution in [0.25, 0.3) is 0 Å². The summed E-state index contributed by atoms with van der Waals surface area (Å²) in [5.74, 6) is -2.21. The third-order valence-corrected chi connectivity index (χ3v) is 4.08. The second-order valence-electron chi connectivity index (χ2n) is 5.48. The van der Waals surface area contributed by atoms with E-state index in [9.17, 15) is 19.2 Å². The Balaban J connectivity index is 1.77. The average molecular weight is 316 g/mol. The molecule has 120 valence electrons. The number of likely N-dealkylation sites (tertiary alicyclic amines) is 1. The molecule has 1 atom stereocenters. The maximum atomic E-state index is 12.3. The summed E-state index contributed by atoms with van der Waals surface area (Å²) in [6.45, 7) is 2.23. The van der Waals surface area contributed by atoms with Crippen molar-refractivity contribution in [1.29, 1.82) is 0 Å². The van der Waals surface area contributed by atoms with Gasteiger partial charge >= 0.3 is 5.97 Å². The molecule has 0 aromatic heterocycles. The molecule has 2 heterocycles. The van der Waals surface area contributed by atoms with Gasteiger partial charge in [0.1, 0.15) is 6.04 Å². The van der Waals surface area contributed by atoms with Crippen molar-refractivity contribution in [2.45, 2.75) is 32.2 Å². The number of carbonyl (C=O) groups is 4. The third kappa shape index (κ3) is 2.48. The monoisotopic (exact) mass is 316 g/mol. The minimum atomic E-state index is -0.783. The summed E-state index contributed by atoms with van der Waals surface area (Å²) >= 11 is 0. The standard InChI is InChI=1S/C16H16N2O5/c1-2-12(17-9-5-8-13(17)19)16(22)23-18-14(20)10-6-3-4-7-11(10)15(18)21/h3-4,6-7,12H,2,5,8-9H2,1H3. The predicted octanol–water partition coefficient (Wildman–Crippen LogP) is 1.14. The van der Waals surface area contributed by atoms with Gasteiger partial charge in [-0.1, -0.05) is 24.1 Å². The van der Waals surface area contributed by atoms with E-state index in [1.54, 1.807) is 19.1 Å². The molecular weight excluding hydrogens is 300 g/mol. The Morgan fingerprint density at radius 3 is 2.26 bits per heavy atom. The van der Waals surface area contributed by atoms with E-state index in [0.29, 0.717) is 30.9 Å². The zero-order chi connectivity index (χ0) is 16.6. The van der Waals surface area contributed by atoms with Crippen LogP contribution < -0.4 is 0 Å². The highest BCUT2D eigenvalue weighted by molar-refractivity contribution is 6.20. The number of imide groups is 1. The molecule has 0 saturated carbocycles. The van der Waals surface area contributed by atoms with Gasteiger partial charge in [0.2, 0.25) is 5.91 Å². The Hall–Kier alpha value is -2.70. The quantitative estimate of drug-likeness (QED) is 0.778.